The number of hydrogen-bond acceptors (Lipinski definition) is 5. The summed E-state index contributed by atoms with van der Waals surface area (Å²) in [5.41, 5.74) is -0.154. The third-order valence-electron chi connectivity index (χ3n) is 3.43. The number of rotatable bonds is 5. The van der Waals surface area contributed by atoms with Crippen LogP contribution in [0.5, 0.6) is 0 Å². The maximum Gasteiger partial charge on any atom is 0.289 e. The molecule has 2 aromatic carbocycles. The van der Waals surface area contributed by atoms with Crippen molar-refractivity contribution in [3.05, 3.63) is 89.1 Å². The molecule has 3 aromatic rings. The second-order valence-electron chi connectivity index (χ2n) is 5.02. The van der Waals surface area contributed by atoms with E-state index in [2.05, 4.69) is 4.98 Å². The van der Waals surface area contributed by atoms with Crippen LogP contribution in [0.25, 0.3) is 0 Å². The molecule has 3 rings (SSSR count). The smallest absolute Gasteiger partial charge is 0.258 e. The summed E-state index contributed by atoms with van der Waals surface area (Å²) in [5, 5.41) is 11.3. The van der Waals surface area contributed by atoms with Crippen LogP contribution in [0.3, 0.4) is 0 Å². The number of benzene rings is 2. The number of sulfonamides is 1. The highest BCUT2D eigenvalue weighted by Gasteiger charge is 2.33. The number of nitro groups is 1. The summed E-state index contributed by atoms with van der Waals surface area (Å²) in [7, 11) is -4.25. The summed E-state index contributed by atoms with van der Waals surface area (Å²) >= 11 is 0. The molecule has 0 aliphatic heterocycles. The van der Waals surface area contributed by atoms with Gasteiger partial charge in [0, 0.05) is 12.3 Å². The van der Waals surface area contributed by atoms with Crippen LogP contribution in [0.4, 0.5) is 17.2 Å². The molecule has 0 unspecified atom stereocenters. The fraction of sp³-hybridized carbons (Fsp3) is 0. The van der Waals surface area contributed by atoms with Gasteiger partial charge >= 0.3 is 0 Å². The van der Waals surface area contributed by atoms with Crippen molar-refractivity contribution in [2.24, 2.45) is 0 Å². The van der Waals surface area contributed by atoms with Crippen LogP contribution in [0.1, 0.15) is 0 Å². The summed E-state index contributed by atoms with van der Waals surface area (Å²) in [6, 6.07) is 18.4. The van der Waals surface area contributed by atoms with Crippen LogP contribution in [-0.2, 0) is 10.0 Å². The predicted molar refractivity (Wildman–Crippen MR) is 93.1 cm³/mol. The number of hydrogen-bond donors (Lipinski definition) is 0. The van der Waals surface area contributed by atoms with E-state index >= 15 is 0 Å². The van der Waals surface area contributed by atoms with Gasteiger partial charge in [-0.15, -0.1) is 0 Å². The van der Waals surface area contributed by atoms with Gasteiger partial charge in [0.1, 0.15) is 5.82 Å². The molecule has 0 atom stereocenters. The second kappa shape index (κ2) is 6.70. The summed E-state index contributed by atoms with van der Waals surface area (Å²) < 4.78 is 27.5. The summed E-state index contributed by atoms with van der Waals surface area (Å²) in [5.74, 6) is 0.145. The van der Waals surface area contributed by atoms with E-state index in [0.717, 1.165) is 10.4 Å². The molecule has 0 spiro atoms. The van der Waals surface area contributed by atoms with Crippen molar-refractivity contribution in [1.82, 2.24) is 4.98 Å². The average Bonchev–Trinajstić information content (AvgIpc) is 2.63. The Labute approximate surface area is 144 Å². The number of pyridine rings is 1. The summed E-state index contributed by atoms with van der Waals surface area (Å²) in [4.78, 5) is 14.3. The molecular formula is C17H13N3O4S. The fourth-order valence-electron chi connectivity index (χ4n) is 2.36. The maximum atomic E-state index is 13.2. The maximum absolute atomic E-state index is 13.2. The molecule has 0 saturated carbocycles. The van der Waals surface area contributed by atoms with Gasteiger partial charge in [-0.05, 0) is 30.3 Å². The Bertz CT molecular complexity index is 953. The standard InChI is InChI=1S/C17H13N3O4S/c21-20(22)15-10-4-5-11-16(15)25(23,24)19(14-8-2-1-3-9-14)17-12-6-7-13-18-17/h1-13H. The fourth-order valence-corrected chi connectivity index (χ4v) is 3.96. The number of aromatic nitrogens is 1. The van der Waals surface area contributed by atoms with E-state index in [1.54, 1.807) is 42.5 Å². The van der Waals surface area contributed by atoms with Crippen molar-refractivity contribution in [1.29, 1.82) is 0 Å². The van der Waals surface area contributed by atoms with Gasteiger partial charge in [0.2, 0.25) is 0 Å². The Morgan fingerprint density at radius 1 is 0.880 bits per heavy atom. The zero-order valence-corrected chi connectivity index (χ0v) is 13.7. The molecule has 0 radical (unpaired) electrons. The van der Waals surface area contributed by atoms with E-state index in [0.29, 0.717) is 5.69 Å². The van der Waals surface area contributed by atoms with Crippen molar-refractivity contribution in [2.45, 2.75) is 4.90 Å². The quantitative estimate of drug-likeness (QED) is 0.516. The molecular weight excluding hydrogens is 342 g/mol. The molecule has 0 saturated heterocycles. The van der Waals surface area contributed by atoms with E-state index in [-0.39, 0.29) is 5.82 Å². The van der Waals surface area contributed by atoms with Crippen LogP contribution in [-0.4, -0.2) is 18.3 Å². The average molecular weight is 355 g/mol. The van der Waals surface area contributed by atoms with Crippen molar-refractivity contribution < 1.29 is 13.3 Å². The number of nitrogens with zero attached hydrogens (tertiary/aromatic N) is 3. The van der Waals surface area contributed by atoms with Crippen LogP contribution in [0.15, 0.2) is 83.9 Å². The van der Waals surface area contributed by atoms with E-state index in [1.807, 2.05) is 0 Å². The monoisotopic (exact) mass is 355 g/mol. The highest BCUT2D eigenvalue weighted by molar-refractivity contribution is 7.93. The highest BCUT2D eigenvalue weighted by atomic mass is 32.2. The molecule has 0 bridgehead atoms. The highest BCUT2D eigenvalue weighted by Crippen LogP contribution is 2.34. The third kappa shape index (κ3) is 3.20. The Morgan fingerprint density at radius 3 is 2.16 bits per heavy atom. The Morgan fingerprint density at radius 2 is 1.52 bits per heavy atom. The second-order valence-corrected chi connectivity index (χ2v) is 6.77. The minimum atomic E-state index is -4.25. The SMILES string of the molecule is O=[N+]([O-])c1ccccc1S(=O)(=O)N(c1ccccc1)c1ccccn1. The first kappa shape index (κ1) is 16.6. The van der Waals surface area contributed by atoms with Crippen LogP contribution < -0.4 is 4.31 Å². The van der Waals surface area contributed by atoms with Crippen LogP contribution >= 0.6 is 0 Å². The van der Waals surface area contributed by atoms with Gasteiger partial charge in [0.15, 0.2) is 4.90 Å². The summed E-state index contributed by atoms with van der Waals surface area (Å²) in [6.07, 6.45) is 1.46. The molecule has 0 aliphatic carbocycles. The van der Waals surface area contributed by atoms with E-state index < -0.39 is 25.5 Å². The van der Waals surface area contributed by atoms with Crippen molar-refractivity contribution >= 4 is 27.2 Å². The van der Waals surface area contributed by atoms with Gasteiger partial charge in [0.05, 0.1) is 10.6 Å². The summed E-state index contributed by atoms with van der Waals surface area (Å²) in [6.45, 7) is 0. The lowest BCUT2D eigenvalue weighted by atomic mass is 10.3. The van der Waals surface area contributed by atoms with Gasteiger partial charge in [0.25, 0.3) is 15.7 Å². The van der Waals surface area contributed by atoms with Gasteiger partial charge in [-0.3, -0.25) is 10.1 Å². The van der Waals surface area contributed by atoms with E-state index in [1.165, 1.54) is 30.5 Å². The molecule has 0 N–H and O–H groups in total. The molecule has 1 aromatic heterocycles. The first-order valence-corrected chi connectivity index (χ1v) is 8.70. The Kier molecular flexibility index (Phi) is 4.44. The third-order valence-corrected chi connectivity index (χ3v) is 5.21. The minimum Gasteiger partial charge on any atom is -0.258 e. The Hall–Kier alpha value is -3.26. The molecule has 25 heavy (non-hydrogen) atoms. The molecule has 126 valence electrons. The molecule has 7 nitrogen and oxygen atoms in total. The molecule has 0 fully saturated rings. The van der Waals surface area contributed by atoms with Gasteiger partial charge in [-0.1, -0.05) is 36.4 Å². The van der Waals surface area contributed by atoms with Gasteiger partial charge in [-0.25, -0.2) is 17.7 Å². The van der Waals surface area contributed by atoms with E-state index in [4.69, 9.17) is 0 Å². The van der Waals surface area contributed by atoms with Gasteiger partial charge in [-0.2, -0.15) is 0 Å². The van der Waals surface area contributed by atoms with Gasteiger partial charge < -0.3 is 0 Å². The lowest BCUT2D eigenvalue weighted by molar-refractivity contribution is -0.387. The zero-order chi connectivity index (χ0) is 17.9. The van der Waals surface area contributed by atoms with Crippen LogP contribution in [0.2, 0.25) is 0 Å². The molecule has 0 amide bonds. The van der Waals surface area contributed by atoms with Crippen molar-refractivity contribution in [3.63, 3.8) is 0 Å². The normalized spacial score (nSPS) is 11.0. The largest absolute Gasteiger partial charge is 0.289 e. The molecule has 0 aliphatic rings. The molecule has 1 heterocycles. The molecule has 8 heteroatoms. The minimum absolute atomic E-state index is 0.145. The first-order valence-electron chi connectivity index (χ1n) is 7.26. The van der Waals surface area contributed by atoms with Crippen molar-refractivity contribution in [3.8, 4) is 0 Å². The lowest BCUT2D eigenvalue weighted by Crippen LogP contribution is -2.27. The number of anilines is 2. The zero-order valence-electron chi connectivity index (χ0n) is 12.9. The van der Waals surface area contributed by atoms with E-state index in [9.17, 15) is 18.5 Å². The Balaban J connectivity index is 2.25. The topological polar surface area (TPSA) is 93.4 Å². The van der Waals surface area contributed by atoms with Crippen molar-refractivity contribution in [2.75, 3.05) is 4.31 Å². The first-order chi connectivity index (χ1) is 12.0. The number of para-hydroxylation sites is 2. The van der Waals surface area contributed by atoms with Crippen LogP contribution in [0, 0.1) is 10.1 Å². The number of nitro benzene ring substituents is 1. The predicted octanol–water partition coefficient (Wildman–Crippen LogP) is 3.52. The lowest BCUT2D eigenvalue weighted by Gasteiger charge is -2.23.